The van der Waals surface area contributed by atoms with Crippen LogP contribution in [-0.4, -0.2) is 26.5 Å². The van der Waals surface area contributed by atoms with Gasteiger partial charge in [-0.1, -0.05) is 0 Å². The first-order valence-electron chi connectivity index (χ1n) is 10.8. The Morgan fingerprint density at radius 2 is 1.87 bits per heavy atom. The molecule has 1 aromatic carbocycles. The van der Waals surface area contributed by atoms with Crippen LogP contribution in [0.3, 0.4) is 0 Å². The van der Waals surface area contributed by atoms with Crippen molar-refractivity contribution in [2.24, 2.45) is 0 Å². The Bertz CT molecular complexity index is 1220. The number of carbonyl (C=O) groups is 1. The van der Waals surface area contributed by atoms with Crippen molar-refractivity contribution in [2.45, 2.75) is 71.6 Å². The van der Waals surface area contributed by atoms with Crippen molar-refractivity contribution < 1.29 is 14.3 Å². The minimum absolute atomic E-state index is 0.177. The molecule has 1 amide bonds. The number of aromatic nitrogens is 3. The van der Waals surface area contributed by atoms with Gasteiger partial charge in [0.2, 0.25) is 5.79 Å². The lowest BCUT2D eigenvalue weighted by Crippen LogP contribution is -2.29. The van der Waals surface area contributed by atoms with Gasteiger partial charge in [-0.3, -0.25) is 4.79 Å². The fourth-order valence-electron chi connectivity index (χ4n) is 4.04. The highest BCUT2D eigenvalue weighted by molar-refractivity contribution is 6.12. The van der Waals surface area contributed by atoms with E-state index in [9.17, 15) is 4.79 Å². The van der Waals surface area contributed by atoms with Crippen molar-refractivity contribution in [3.8, 4) is 11.5 Å². The van der Waals surface area contributed by atoms with E-state index in [-0.39, 0.29) is 11.4 Å². The second-order valence-corrected chi connectivity index (χ2v) is 9.96. The topological polar surface area (TPSA) is 78.3 Å². The number of carbonyl (C=O) groups excluding carboxylic acids is 1. The van der Waals surface area contributed by atoms with Crippen LogP contribution < -0.4 is 14.8 Å². The third kappa shape index (κ3) is 3.52. The molecule has 162 valence electrons. The van der Waals surface area contributed by atoms with E-state index in [0.717, 1.165) is 35.3 Å². The van der Waals surface area contributed by atoms with E-state index < -0.39 is 5.79 Å². The summed E-state index contributed by atoms with van der Waals surface area (Å²) in [5.41, 5.74) is 3.57. The number of pyridine rings is 1. The van der Waals surface area contributed by atoms with Crippen LogP contribution in [0, 0.1) is 6.92 Å². The van der Waals surface area contributed by atoms with Crippen molar-refractivity contribution >= 4 is 22.6 Å². The average Bonchev–Trinajstić information content (AvgIpc) is 3.39. The second kappa shape index (κ2) is 6.45. The van der Waals surface area contributed by atoms with Crippen LogP contribution in [0.4, 0.5) is 5.69 Å². The van der Waals surface area contributed by atoms with Gasteiger partial charge < -0.3 is 14.8 Å². The molecule has 2 aromatic heterocycles. The molecule has 1 fully saturated rings. The summed E-state index contributed by atoms with van der Waals surface area (Å²) < 4.78 is 13.5. The van der Waals surface area contributed by atoms with Gasteiger partial charge in [-0.25, -0.2) is 9.67 Å². The van der Waals surface area contributed by atoms with Crippen LogP contribution in [0.1, 0.15) is 75.1 Å². The molecule has 0 atom stereocenters. The highest BCUT2D eigenvalue weighted by atomic mass is 16.7. The summed E-state index contributed by atoms with van der Waals surface area (Å²) in [6, 6.07) is 7.38. The normalized spacial score (nSPS) is 17.2. The van der Waals surface area contributed by atoms with Gasteiger partial charge in [-0.05, 0) is 58.7 Å². The molecule has 3 heterocycles. The van der Waals surface area contributed by atoms with Crippen LogP contribution in [0.5, 0.6) is 11.5 Å². The molecule has 5 rings (SSSR count). The van der Waals surface area contributed by atoms with Crippen LogP contribution in [0.2, 0.25) is 0 Å². The SMILES string of the molecule is Cc1nn(C(C)(C)C)c2nc(C3CC3)cc(C(=O)Nc3ccc4c(c3)OC(C)(C)O4)c12. The van der Waals surface area contributed by atoms with E-state index >= 15 is 0 Å². The van der Waals surface area contributed by atoms with Crippen molar-refractivity contribution in [2.75, 3.05) is 5.32 Å². The first kappa shape index (κ1) is 19.8. The molecule has 3 aromatic rings. The molecule has 2 aliphatic rings. The number of fused-ring (bicyclic) bond motifs is 2. The number of anilines is 1. The monoisotopic (exact) mass is 420 g/mol. The van der Waals surface area contributed by atoms with Gasteiger partial charge in [0.05, 0.1) is 22.2 Å². The lowest BCUT2D eigenvalue weighted by molar-refractivity contribution is -0.0431. The highest BCUT2D eigenvalue weighted by Crippen LogP contribution is 2.42. The number of hydrogen-bond acceptors (Lipinski definition) is 5. The van der Waals surface area contributed by atoms with Crippen molar-refractivity contribution in [3.05, 3.63) is 41.2 Å². The molecule has 7 heteroatoms. The lowest BCUT2D eigenvalue weighted by Gasteiger charge is -2.20. The quantitative estimate of drug-likeness (QED) is 0.635. The summed E-state index contributed by atoms with van der Waals surface area (Å²) >= 11 is 0. The Kier molecular flexibility index (Phi) is 4.13. The number of ether oxygens (including phenoxy) is 2. The Labute approximate surface area is 181 Å². The molecule has 7 nitrogen and oxygen atoms in total. The third-order valence-corrected chi connectivity index (χ3v) is 5.62. The molecule has 1 aliphatic heterocycles. The Hall–Kier alpha value is -3.09. The fraction of sp³-hybridized carbons (Fsp3) is 0.458. The first-order chi connectivity index (χ1) is 14.5. The minimum atomic E-state index is -0.708. The number of benzene rings is 1. The number of aryl methyl sites for hydroxylation is 1. The van der Waals surface area contributed by atoms with Gasteiger partial charge in [0.25, 0.3) is 5.91 Å². The molecular formula is C24H28N4O3. The maximum absolute atomic E-state index is 13.4. The van der Waals surface area contributed by atoms with Gasteiger partial charge >= 0.3 is 0 Å². The standard InChI is InChI=1S/C24H28N4O3/c1-13-20-16(12-17(14-7-8-14)26-21(20)28(27-13)23(2,3)4)22(29)25-15-9-10-18-19(11-15)31-24(5,6)30-18/h9-12,14H,7-8H2,1-6H3,(H,25,29). The zero-order chi connectivity index (χ0) is 22.1. The fourth-order valence-corrected chi connectivity index (χ4v) is 4.04. The lowest BCUT2D eigenvalue weighted by atomic mass is 10.1. The first-order valence-corrected chi connectivity index (χ1v) is 10.8. The Balaban J connectivity index is 1.55. The predicted molar refractivity (Wildman–Crippen MR) is 119 cm³/mol. The molecule has 1 N–H and O–H groups in total. The van der Waals surface area contributed by atoms with Gasteiger partial charge in [0.15, 0.2) is 17.1 Å². The predicted octanol–water partition coefficient (Wildman–Crippen LogP) is 5.13. The number of hydrogen-bond donors (Lipinski definition) is 1. The van der Waals surface area contributed by atoms with Crippen molar-refractivity contribution in [1.82, 2.24) is 14.8 Å². The highest BCUT2D eigenvalue weighted by Gasteiger charge is 2.33. The average molecular weight is 421 g/mol. The maximum Gasteiger partial charge on any atom is 0.256 e. The Morgan fingerprint density at radius 1 is 1.16 bits per heavy atom. The maximum atomic E-state index is 13.4. The zero-order valence-corrected chi connectivity index (χ0v) is 18.9. The molecule has 1 saturated carbocycles. The van der Waals surface area contributed by atoms with Crippen LogP contribution in [0.25, 0.3) is 11.0 Å². The van der Waals surface area contributed by atoms with Gasteiger partial charge in [-0.15, -0.1) is 0 Å². The number of nitrogens with zero attached hydrogens (tertiary/aromatic N) is 3. The summed E-state index contributed by atoms with van der Waals surface area (Å²) in [5.74, 6) is 0.835. The molecule has 0 spiro atoms. The third-order valence-electron chi connectivity index (χ3n) is 5.62. The number of amides is 1. The van der Waals surface area contributed by atoms with Crippen LogP contribution in [0.15, 0.2) is 24.3 Å². The molecule has 1 aliphatic carbocycles. The van der Waals surface area contributed by atoms with E-state index in [0.29, 0.717) is 28.7 Å². The summed E-state index contributed by atoms with van der Waals surface area (Å²) in [5, 5.41) is 8.57. The van der Waals surface area contributed by atoms with Crippen molar-refractivity contribution in [3.63, 3.8) is 0 Å². The number of nitrogens with one attached hydrogen (secondary N) is 1. The Morgan fingerprint density at radius 3 is 2.55 bits per heavy atom. The van der Waals surface area contributed by atoms with E-state index in [1.165, 1.54) is 0 Å². The second-order valence-electron chi connectivity index (χ2n) is 9.96. The summed E-state index contributed by atoms with van der Waals surface area (Å²) in [6.45, 7) is 11.9. The molecule has 31 heavy (non-hydrogen) atoms. The van der Waals surface area contributed by atoms with Crippen LogP contribution in [-0.2, 0) is 5.54 Å². The van der Waals surface area contributed by atoms with Gasteiger partial charge in [0.1, 0.15) is 0 Å². The van der Waals surface area contributed by atoms with Gasteiger partial charge in [0, 0.05) is 37.2 Å². The van der Waals surface area contributed by atoms with Gasteiger partial charge in [-0.2, -0.15) is 5.10 Å². The van der Waals surface area contributed by atoms with E-state index in [1.807, 2.05) is 43.7 Å². The molecule has 0 unspecified atom stereocenters. The van der Waals surface area contributed by atoms with Crippen LogP contribution >= 0.6 is 0 Å². The molecule has 0 bridgehead atoms. The largest absolute Gasteiger partial charge is 0.449 e. The summed E-state index contributed by atoms with van der Waals surface area (Å²) in [7, 11) is 0. The number of rotatable bonds is 3. The molecule has 0 saturated heterocycles. The van der Waals surface area contributed by atoms with E-state index in [4.69, 9.17) is 19.6 Å². The van der Waals surface area contributed by atoms with Crippen molar-refractivity contribution in [1.29, 1.82) is 0 Å². The summed E-state index contributed by atoms with van der Waals surface area (Å²) in [4.78, 5) is 18.3. The molecule has 0 radical (unpaired) electrons. The summed E-state index contributed by atoms with van der Waals surface area (Å²) in [6.07, 6.45) is 2.22. The van der Waals surface area contributed by atoms with E-state index in [2.05, 4.69) is 26.1 Å². The molecular weight excluding hydrogens is 392 g/mol. The smallest absolute Gasteiger partial charge is 0.256 e. The van der Waals surface area contributed by atoms with E-state index in [1.54, 1.807) is 6.07 Å². The zero-order valence-electron chi connectivity index (χ0n) is 18.9. The minimum Gasteiger partial charge on any atom is -0.449 e.